The summed E-state index contributed by atoms with van der Waals surface area (Å²) >= 11 is 0. The highest BCUT2D eigenvalue weighted by atomic mass is 35.5. The van der Waals surface area contributed by atoms with E-state index < -0.39 is 0 Å². The highest BCUT2D eigenvalue weighted by molar-refractivity contribution is 5.85. The molecule has 0 saturated carbocycles. The molecule has 1 amide bonds. The average Bonchev–Trinajstić information content (AvgIpc) is 2.97. The van der Waals surface area contributed by atoms with Crippen LogP contribution < -0.4 is 5.73 Å². The van der Waals surface area contributed by atoms with Crippen molar-refractivity contribution in [1.29, 1.82) is 0 Å². The van der Waals surface area contributed by atoms with E-state index >= 15 is 0 Å². The van der Waals surface area contributed by atoms with Crippen molar-refractivity contribution in [2.75, 3.05) is 26.8 Å². The second-order valence-electron chi connectivity index (χ2n) is 4.53. The summed E-state index contributed by atoms with van der Waals surface area (Å²) in [4.78, 5) is 13.9. The molecular weight excluding hydrogens is 244 g/mol. The molecule has 2 heterocycles. The van der Waals surface area contributed by atoms with Crippen LogP contribution in [0, 0.1) is 0 Å². The molecule has 2 aliphatic heterocycles. The number of rotatable bonds is 3. The molecule has 0 bridgehead atoms. The topological polar surface area (TPSA) is 64.8 Å². The zero-order chi connectivity index (χ0) is 11.5. The number of hydrogen-bond acceptors (Lipinski definition) is 4. The van der Waals surface area contributed by atoms with E-state index in [4.69, 9.17) is 15.2 Å². The number of ether oxygens (including phenoxy) is 2. The van der Waals surface area contributed by atoms with Gasteiger partial charge in [0.1, 0.15) is 6.10 Å². The van der Waals surface area contributed by atoms with E-state index in [0.717, 1.165) is 25.9 Å². The van der Waals surface area contributed by atoms with Crippen LogP contribution >= 0.6 is 12.4 Å². The molecule has 2 aliphatic rings. The molecule has 0 aromatic rings. The van der Waals surface area contributed by atoms with E-state index in [1.807, 2.05) is 7.05 Å². The Morgan fingerprint density at radius 2 is 2.18 bits per heavy atom. The summed E-state index contributed by atoms with van der Waals surface area (Å²) < 4.78 is 10.9. The van der Waals surface area contributed by atoms with Crippen LogP contribution in [-0.4, -0.2) is 55.9 Å². The van der Waals surface area contributed by atoms with Crippen molar-refractivity contribution in [1.82, 2.24) is 4.90 Å². The SMILES string of the molecule is CN(C(=O)[C@@H]1CC[C@H](CN)O1)C1CCOC1.Cl. The largest absolute Gasteiger partial charge is 0.379 e. The Kier molecular flexibility index (Phi) is 5.66. The zero-order valence-electron chi connectivity index (χ0n) is 10.1. The maximum Gasteiger partial charge on any atom is 0.251 e. The molecule has 0 radical (unpaired) electrons. The number of hydrogen-bond donors (Lipinski definition) is 1. The van der Waals surface area contributed by atoms with Crippen molar-refractivity contribution in [3.05, 3.63) is 0 Å². The van der Waals surface area contributed by atoms with E-state index in [2.05, 4.69) is 0 Å². The lowest BCUT2D eigenvalue weighted by molar-refractivity contribution is -0.143. The molecule has 0 aromatic heterocycles. The van der Waals surface area contributed by atoms with Gasteiger partial charge in [0.15, 0.2) is 0 Å². The van der Waals surface area contributed by atoms with Crippen molar-refractivity contribution in [3.63, 3.8) is 0 Å². The normalized spacial score (nSPS) is 32.2. The third-order valence-electron chi connectivity index (χ3n) is 3.45. The van der Waals surface area contributed by atoms with Crippen LogP contribution in [-0.2, 0) is 14.3 Å². The molecule has 6 heteroatoms. The molecule has 0 aliphatic carbocycles. The van der Waals surface area contributed by atoms with Gasteiger partial charge in [-0.3, -0.25) is 4.79 Å². The first-order valence-electron chi connectivity index (χ1n) is 5.92. The fourth-order valence-corrected chi connectivity index (χ4v) is 2.30. The molecule has 0 aromatic carbocycles. The summed E-state index contributed by atoms with van der Waals surface area (Å²) in [5.74, 6) is 0.0754. The summed E-state index contributed by atoms with van der Waals surface area (Å²) in [5.41, 5.74) is 5.52. The van der Waals surface area contributed by atoms with Gasteiger partial charge in [-0.1, -0.05) is 0 Å². The highest BCUT2D eigenvalue weighted by Gasteiger charge is 2.34. The molecule has 2 rings (SSSR count). The number of nitrogens with two attached hydrogens (primary N) is 1. The maximum atomic E-state index is 12.1. The summed E-state index contributed by atoms with van der Waals surface area (Å²) in [5, 5.41) is 0. The average molecular weight is 265 g/mol. The molecule has 1 unspecified atom stereocenters. The van der Waals surface area contributed by atoms with Gasteiger partial charge in [-0.2, -0.15) is 0 Å². The Hall–Kier alpha value is -0.360. The quantitative estimate of drug-likeness (QED) is 0.789. The minimum atomic E-state index is -0.292. The fourth-order valence-electron chi connectivity index (χ4n) is 2.30. The summed E-state index contributed by atoms with van der Waals surface area (Å²) in [6.45, 7) is 1.90. The van der Waals surface area contributed by atoms with Crippen LogP contribution in [0.4, 0.5) is 0 Å². The van der Waals surface area contributed by atoms with Crippen molar-refractivity contribution >= 4 is 18.3 Å². The van der Waals surface area contributed by atoms with E-state index in [9.17, 15) is 4.79 Å². The second-order valence-corrected chi connectivity index (χ2v) is 4.53. The molecular formula is C11H21ClN2O3. The van der Waals surface area contributed by atoms with Gasteiger partial charge in [0.25, 0.3) is 5.91 Å². The Labute approximate surface area is 108 Å². The van der Waals surface area contributed by atoms with Crippen LogP contribution in [0.15, 0.2) is 0 Å². The Morgan fingerprint density at radius 1 is 1.41 bits per heavy atom. The van der Waals surface area contributed by atoms with Crippen molar-refractivity contribution in [3.8, 4) is 0 Å². The van der Waals surface area contributed by atoms with Crippen LogP contribution in [0.2, 0.25) is 0 Å². The van der Waals surface area contributed by atoms with Gasteiger partial charge >= 0.3 is 0 Å². The number of carbonyl (C=O) groups excluding carboxylic acids is 1. The molecule has 17 heavy (non-hydrogen) atoms. The Bertz CT molecular complexity index is 259. The van der Waals surface area contributed by atoms with Crippen molar-refractivity contribution < 1.29 is 14.3 Å². The van der Waals surface area contributed by atoms with Crippen molar-refractivity contribution in [2.24, 2.45) is 5.73 Å². The second kappa shape index (κ2) is 6.54. The van der Waals surface area contributed by atoms with E-state index in [0.29, 0.717) is 13.2 Å². The van der Waals surface area contributed by atoms with Crippen LogP contribution in [0.25, 0.3) is 0 Å². The third kappa shape index (κ3) is 3.31. The minimum Gasteiger partial charge on any atom is -0.379 e. The van der Waals surface area contributed by atoms with Gasteiger partial charge in [0, 0.05) is 20.2 Å². The van der Waals surface area contributed by atoms with E-state index in [1.54, 1.807) is 4.90 Å². The molecule has 2 N–H and O–H groups in total. The first-order valence-corrected chi connectivity index (χ1v) is 5.92. The molecule has 5 nitrogen and oxygen atoms in total. The summed E-state index contributed by atoms with van der Waals surface area (Å²) in [6.07, 6.45) is 2.37. The van der Waals surface area contributed by atoms with Gasteiger partial charge in [-0.25, -0.2) is 0 Å². The maximum absolute atomic E-state index is 12.1. The predicted octanol–water partition coefficient (Wildman–Crippen LogP) is 0.162. The van der Waals surface area contributed by atoms with Crippen LogP contribution in [0.3, 0.4) is 0 Å². The molecule has 3 atom stereocenters. The Balaban J connectivity index is 0.00000144. The van der Waals surface area contributed by atoms with Crippen molar-refractivity contribution in [2.45, 2.75) is 37.5 Å². The standard InChI is InChI=1S/C11H20N2O3.ClH/c1-13(8-4-5-15-7-8)11(14)10-3-2-9(6-12)16-10;/h8-10H,2-7,12H2,1H3;1H/t8?,9-,10+;/m1./s1. The van der Waals surface area contributed by atoms with Gasteiger partial charge in [-0.15, -0.1) is 12.4 Å². The summed E-state index contributed by atoms with van der Waals surface area (Å²) in [7, 11) is 1.83. The smallest absolute Gasteiger partial charge is 0.251 e. The lowest BCUT2D eigenvalue weighted by Crippen LogP contribution is -2.43. The van der Waals surface area contributed by atoms with Gasteiger partial charge in [-0.05, 0) is 19.3 Å². The molecule has 0 spiro atoms. The number of halogens is 1. The van der Waals surface area contributed by atoms with E-state index in [1.165, 1.54) is 0 Å². The fraction of sp³-hybridized carbons (Fsp3) is 0.909. The highest BCUT2D eigenvalue weighted by Crippen LogP contribution is 2.22. The number of carbonyl (C=O) groups is 1. The minimum absolute atomic E-state index is 0. The number of nitrogens with zero attached hydrogens (tertiary/aromatic N) is 1. The number of likely N-dealkylation sites (N-methyl/N-ethyl adjacent to an activating group) is 1. The zero-order valence-corrected chi connectivity index (χ0v) is 10.9. The molecule has 2 fully saturated rings. The third-order valence-corrected chi connectivity index (χ3v) is 3.45. The molecule has 2 saturated heterocycles. The lowest BCUT2D eigenvalue weighted by atomic mass is 10.1. The van der Waals surface area contributed by atoms with Crippen LogP contribution in [0.1, 0.15) is 19.3 Å². The first kappa shape index (κ1) is 14.7. The predicted molar refractivity (Wildman–Crippen MR) is 66.2 cm³/mol. The number of amides is 1. The van der Waals surface area contributed by atoms with Gasteiger partial charge in [0.05, 0.1) is 18.8 Å². The first-order chi connectivity index (χ1) is 7.72. The Morgan fingerprint density at radius 3 is 2.71 bits per heavy atom. The molecule has 100 valence electrons. The van der Waals surface area contributed by atoms with Gasteiger partial charge in [0.2, 0.25) is 0 Å². The van der Waals surface area contributed by atoms with Gasteiger partial charge < -0.3 is 20.1 Å². The monoisotopic (exact) mass is 264 g/mol. The van der Waals surface area contributed by atoms with E-state index in [-0.39, 0.29) is 36.6 Å². The lowest BCUT2D eigenvalue weighted by Gasteiger charge is -2.26. The summed E-state index contributed by atoms with van der Waals surface area (Å²) in [6, 6.07) is 0.216. The van der Waals surface area contributed by atoms with Crippen LogP contribution in [0.5, 0.6) is 0 Å².